The molecule has 2 aromatic carbocycles. The van der Waals surface area contributed by atoms with Gasteiger partial charge in [0.25, 0.3) is 0 Å². The van der Waals surface area contributed by atoms with Crippen LogP contribution < -0.4 is 15.2 Å². The topological polar surface area (TPSA) is 44.5 Å². The third-order valence-corrected chi connectivity index (χ3v) is 2.72. The van der Waals surface area contributed by atoms with E-state index in [4.69, 9.17) is 15.2 Å². The summed E-state index contributed by atoms with van der Waals surface area (Å²) in [5.41, 5.74) is 7.12. The second-order valence-electron chi connectivity index (χ2n) is 4.00. The lowest BCUT2D eigenvalue weighted by Crippen LogP contribution is -2.18. The Hall–Kier alpha value is -2.00. The van der Waals surface area contributed by atoms with Crippen molar-refractivity contribution in [3.05, 3.63) is 60.2 Å². The minimum absolute atomic E-state index is 0.117. The van der Waals surface area contributed by atoms with E-state index in [0.717, 1.165) is 17.1 Å². The molecular weight excluding hydrogens is 226 g/mol. The van der Waals surface area contributed by atoms with Gasteiger partial charge in [-0.25, -0.2) is 0 Å². The van der Waals surface area contributed by atoms with Crippen LogP contribution in [0.1, 0.15) is 11.6 Å². The van der Waals surface area contributed by atoms with Gasteiger partial charge in [-0.05, 0) is 29.8 Å². The quantitative estimate of drug-likeness (QED) is 0.878. The van der Waals surface area contributed by atoms with Gasteiger partial charge in [0.05, 0.1) is 13.2 Å². The lowest BCUT2D eigenvalue weighted by atomic mass is 10.1. The van der Waals surface area contributed by atoms with E-state index in [9.17, 15) is 0 Å². The monoisotopic (exact) mass is 243 g/mol. The molecule has 0 spiro atoms. The first-order valence-electron chi connectivity index (χ1n) is 5.87. The second-order valence-corrected chi connectivity index (χ2v) is 4.00. The minimum atomic E-state index is -0.117. The van der Waals surface area contributed by atoms with Crippen molar-refractivity contribution < 1.29 is 9.47 Å². The maximum Gasteiger partial charge on any atom is 0.119 e. The zero-order valence-corrected chi connectivity index (χ0v) is 10.4. The number of nitrogens with two attached hydrogens (primary N) is 1. The van der Waals surface area contributed by atoms with E-state index in [-0.39, 0.29) is 6.04 Å². The zero-order chi connectivity index (χ0) is 12.8. The second kappa shape index (κ2) is 6.07. The molecule has 0 bridgehead atoms. The smallest absolute Gasteiger partial charge is 0.119 e. The molecule has 0 amide bonds. The normalized spacial score (nSPS) is 11.9. The number of methoxy groups -OCH3 is 1. The van der Waals surface area contributed by atoms with Gasteiger partial charge < -0.3 is 15.2 Å². The molecule has 0 fully saturated rings. The van der Waals surface area contributed by atoms with Gasteiger partial charge in [-0.15, -0.1) is 0 Å². The number of ether oxygens (including phenoxy) is 2. The van der Waals surface area contributed by atoms with Crippen molar-refractivity contribution in [3.8, 4) is 11.5 Å². The standard InChI is InChI=1S/C15H17NO2/c1-17-13-7-9-14(10-8-13)18-11-15(16)12-5-3-2-4-6-12/h2-10,15H,11,16H2,1H3. The predicted octanol–water partition coefficient (Wildman–Crippen LogP) is 2.77. The van der Waals surface area contributed by atoms with E-state index < -0.39 is 0 Å². The number of benzene rings is 2. The highest BCUT2D eigenvalue weighted by atomic mass is 16.5. The molecule has 1 unspecified atom stereocenters. The molecular formula is C15H17NO2. The third-order valence-electron chi connectivity index (χ3n) is 2.72. The van der Waals surface area contributed by atoms with Crippen molar-refractivity contribution in [1.82, 2.24) is 0 Å². The number of rotatable bonds is 5. The highest BCUT2D eigenvalue weighted by Crippen LogP contribution is 2.18. The van der Waals surface area contributed by atoms with Gasteiger partial charge in [0.1, 0.15) is 18.1 Å². The fraction of sp³-hybridized carbons (Fsp3) is 0.200. The highest BCUT2D eigenvalue weighted by Gasteiger charge is 2.06. The SMILES string of the molecule is COc1ccc(OCC(N)c2ccccc2)cc1. The van der Waals surface area contributed by atoms with Crippen LogP contribution in [0.4, 0.5) is 0 Å². The lowest BCUT2D eigenvalue weighted by Gasteiger charge is -2.13. The van der Waals surface area contributed by atoms with Gasteiger partial charge in [-0.1, -0.05) is 30.3 Å². The van der Waals surface area contributed by atoms with Crippen LogP contribution in [0, 0.1) is 0 Å². The number of hydrogen-bond donors (Lipinski definition) is 1. The van der Waals surface area contributed by atoms with E-state index in [1.165, 1.54) is 0 Å². The molecule has 3 heteroatoms. The van der Waals surface area contributed by atoms with Crippen LogP contribution in [0.15, 0.2) is 54.6 Å². The Morgan fingerprint density at radius 3 is 2.17 bits per heavy atom. The largest absolute Gasteiger partial charge is 0.497 e. The van der Waals surface area contributed by atoms with Gasteiger partial charge in [0.2, 0.25) is 0 Å². The van der Waals surface area contributed by atoms with Crippen molar-refractivity contribution in [3.63, 3.8) is 0 Å². The van der Waals surface area contributed by atoms with E-state index in [1.54, 1.807) is 7.11 Å². The lowest BCUT2D eigenvalue weighted by molar-refractivity contribution is 0.290. The van der Waals surface area contributed by atoms with Crippen LogP contribution in [0.5, 0.6) is 11.5 Å². The zero-order valence-electron chi connectivity index (χ0n) is 10.4. The molecule has 2 rings (SSSR count). The van der Waals surface area contributed by atoms with Gasteiger partial charge in [-0.2, -0.15) is 0 Å². The Kier molecular flexibility index (Phi) is 4.20. The van der Waals surface area contributed by atoms with Crippen LogP contribution in [-0.4, -0.2) is 13.7 Å². The minimum Gasteiger partial charge on any atom is -0.497 e. The van der Waals surface area contributed by atoms with Crippen LogP contribution in [0.2, 0.25) is 0 Å². The van der Waals surface area contributed by atoms with E-state index >= 15 is 0 Å². The first-order valence-corrected chi connectivity index (χ1v) is 5.87. The van der Waals surface area contributed by atoms with E-state index in [1.807, 2.05) is 54.6 Å². The summed E-state index contributed by atoms with van der Waals surface area (Å²) in [6.07, 6.45) is 0. The average molecular weight is 243 g/mol. The molecule has 0 aromatic heterocycles. The number of hydrogen-bond acceptors (Lipinski definition) is 3. The molecule has 94 valence electrons. The predicted molar refractivity (Wildman–Crippen MR) is 71.9 cm³/mol. The fourth-order valence-corrected chi connectivity index (χ4v) is 1.65. The molecule has 0 heterocycles. The molecule has 1 atom stereocenters. The van der Waals surface area contributed by atoms with Gasteiger partial charge in [-0.3, -0.25) is 0 Å². The third kappa shape index (κ3) is 3.25. The Labute approximate surface area is 107 Å². The fourth-order valence-electron chi connectivity index (χ4n) is 1.65. The Morgan fingerprint density at radius 2 is 1.56 bits per heavy atom. The van der Waals surface area contributed by atoms with Gasteiger partial charge >= 0.3 is 0 Å². The summed E-state index contributed by atoms with van der Waals surface area (Å²) in [4.78, 5) is 0. The first kappa shape index (κ1) is 12.5. The Bertz CT molecular complexity index is 468. The van der Waals surface area contributed by atoms with Crippen LogP contribution in [0.25, 0.3) is 0 Å². The summed E-state index contributed by atoms with van der Waals surface area (Å²) in [5, 5.41) is 0. The summed E-state index contributed by atoms with van der Waals surface area (Å²) in [5.74, 6) is 1.61. The van der Waals surface area contributed by atoms with Crippen LogP contribution >= 0.6 is 0 Å². The maximum atomic E-state index is 6.05. The first-order chi connectivity index (χ1) is 8.79. The van der Waals surface area contributed by atoms with Crippen molar-refractivity contribution in [1.29, 1.82) is 0 Å². The summed E-state index contributed by atoms with van der Waals surface area (Å²) in [7, 11) is 1.64. The molecule has 0 saturated heterocycles. The average Bonchev–Trinajstić information content (AvgIpc) is 2.46. The summed E-state index contributed by atoms with van der Waals surface area (Å²) in [6, 6.07) is 17.3. The van der Waals surface area contributed by atoms with E-state index in [0.29, 0.717) is 6.61 Å². The molecule has 0 aliphatic carbocycles. The molecule has 0 radical (unpaired) electrons. The van der Waals surface area contributed by atoms with Gasteiger partial charge in [0, 0.05) is 0 Å². The molecule has 2 N–H and O–H groups in total. The van der Waals surface area contributed by atoms with Crippen molar-refractivity contribution in [2.45, 2.75) is 6.04 Å². The summed E-state index contributed by atoms with van der Waals surface area (Å²) in [6.45, 7) is 0.455. The highest BCUT2D eigenvalue weighted by molar-refractivity contribution is 5.31. The maximum absolute atomic E-state index is 6.05. The van der Waals surface area contributed by atoms with Crippen molar-refractivity contribution >= 4 is 0 Å². The molecule has 0 aliphatic rings. The summed E-state index contributed by atoms with van der Waals surface area (Å²) >= 11 is 0. The van der Waals surface area contributed by atoms with Gasteiger partial charge in [0.15, 0.2) is 0 Å². The molecule has 0 aliphatic heterocycles. The molecule has 0 saturated carbocycles. The van der Waals surface area contributed by atoms with E-state index in [2.05, 4.69) is 0 Å². The molecule has 2 aromatic rings. The summed E-state index contributed by atoms with van der Waals surface area (Å²) < 4.78 is 10.7. The Balaban J connectivity index is 1.91. The van der Waals surface area contributed by atoms with Crippen molar-refractivity contribution in [2.75, 3.05) is 13.7 Å². The molecule has 3 nitrogen and oxygen atoms in total. The van der Waals surface area contributed by atoms with Crippen molar-refractivity contribution in [2.24, 2.45) is 5.73 Å². The van der Waals surface area contributed by atoms with Crippen LogP contribution in [-0.2, 0) is 0 Å². The Morgan fingerprint density at radius 1 is 0.944 bits per heavy atom. The van der Waals surface area contributed by atoms with Crippen LogP contribution in [0.3, 0.4) is 0 Å². The molecule has 18 heavy (non-hydrogen) atoms.